The lowest BCUT2D eigenvalue weighted by atomic mass is 10.0. The van der Waals surface area contributed by atoms with E-state index in [0.29, 0.717) is 16.9 Å². The van der Waals surface area contributed by atoms with Gasteiger partial charge in [-0.2, -0.15) is 0 Å². The molecule has 1 aliphatic heterocycles. The van der Waals surface area contributed by atoms with Crippen LogP contribution in [0.3, 0.4) is 0 Å². The van der Waals surface area contributed by atoms with Crippen LogP contribution in [0, 0.1) is 33.6 Å². The molecule has 0 aromatic heterocycles. The lowest BCUT2D eigenvalue weighted by Crippen LogP contribution is -2.35. The Bertz CT molecular complexity index is 994. The molecular formula is C21H20N2O4. The minimum Gasteiger partial charge on any atom is -0.325 e. The first kappa shape index (κ1) is 18.5. The van der Waals surface area contributed by atoms with Crippen LogP contribution in [0.4, 0.5) is 11.4 Å². The molecule has 1 N–H and O–H groups in total. The Kier molecular flexibility index (Phi) is 4.66. The van der Waals surface area contributed by atoms with Crippen molar-refractivity contribution in [3.63, 3.8) is 0 Å². The van der Waals surface area contributed by atoms with Crippen molar-refractivity contribution < 1.29 is 19.2 Å². The van der Waals surface area contributed by atoms with E-state index in [0.717, 1.165) is 21.6 Å². The molecule has 2 aromatic carbocycles. The second-order valence-corrected chi connectivity index (χ2v) is 6.87. The van der Waals surface area contributed by atoms with Gasteiger partial charge in [-0.3, -0.25) is 19.2 Å². The molecule has 0 spiro atoms. The smallest absolute Gasteiger partial charge is 0.302 e. The van der Waals surface area contributed by atoms with Gasteiger partial charge in [0.2, 0.25) is 11.7 Å². The SMILES string of the molecule is Cc1ccc(C)c(NC(=O)C2C(=O)C(=O)N(c3cc(C)ccc3C)C2=O)c1. The van der Waals surface area contributed by atoms with Crippen LogP contribution in [0.15, 0.2) is 36.4 Å². The van der Waals surface area contributed by atoms with Crippen LogP contribution < -0.4 is 10.2 Å². The Morgan fingerprint density at radius 1 is 0.889 bits per heavy atom. The summed E-state index contributed by atoms with van der Waals surface area (Å²) in [7, 11) is 0. The van der Waals surface area contributed by atoms with Gasteiger partial charge in [-0.25, -0.2) is 4.90 Å². The predicted octanol–water partition coefficient (Wildman–Crippen LogP) is 2.62. The molecule has 0 saturated carbocycles. The summed E-state index contributed by atoms with van der Waals surface area (Å²) in [6.45, 7) is 7.23. The van der Waals surface area contributed by atoms with Gasteiger partial charge in [0.05, 0.1) is 5.69 Å². The first-order valence-corrected chi connectivity index (χ1v) is 8.58. The molecular weight excluding hydrogens is 344 g/mol. The number of hydrogen-bond donors (Lipinski definition) is 1. The van der Waals surface area contributed by atoms with Crippen LogP contribution >= 0.6 is 0 Å². The van der Waals surface area contributed by atoms with Gasteiger partial charge in [0.1, 0.15) is 0 Å². The van der Waals surface area contributed by atoms with Crippen LogP contribution in [-0.2, 0) is 19.2 Å². The number of rotatable bonds is 3. The highest BCUT2D eigenvalue weighted by atomic mass is 16.2. The molecule has 1 fully saturated rings. The molecule has 2 aromatic rings. The highest BCUT2D eigenvalue weighted by Crippen LogP contribution is 2.29. The van der Waals surface area contributed by atoms with E-state index < -0.39 is 29.4 Å². The Labute approximate surface area is 157 Å². The summed E-state index contributed by atoms with van der Waals surface area (Å²) in [4.78, 5) is 51.1. The number of carbonyl (C=O) groups excluding carboxylic acids is 4. The first-order chi connectivity index (χ1) is 12.7. The summed E-state index contributed by atoms with van der Waals surface area (Å²) in [5, 5.41) is 2.61. The molecule has 6 nitrogen and oxygen atoms in total. The molecule has 1 heterocycles. The van der Waals surface area contributed by atoms with Crippen LogP contribution in [0.1, 0.15) is 22.3 Å². The van der Waals surface area contributed by atoms with E-state index in [9.17, 15) is 19.2 Å². The summed E-state index contributed by atoms with van der Waals surface area (Å²) < 4.78 is 0. The molecule has 0 bridgehead atoms. The highest BCUT2D eigenvalue weighted by Gasteiger charge is 2.51. The van der Waals surface area contributed by atoms with Crippen molar-refractivity contribution in [2.45, 2.75) is 27.7 Å². The molecule has 1 saturated heterocycles. The largest absolute Gasteiger partial charge is 0.325 e. The molecule has 1 atom stereocenters. The third-order valence-corrected chi connectivity index (χ3v) is 4.66. The third kappa shape index (κ3) is 3.26. The number of Topliss-reactive ketones (excluding diaryl/α,β-unsaturated/α-hetero) is 1. The second-order valence-electron chi connectivity index (χ2n) is 6.87. The second kappa shape index (κ2) is 6.79. The zero-order valence-corrected chi connectivity index (χ0v) is 15.6. The lowest BCUT2D eigenvalue weighted by molar-refractivity contribution is -0.139. The van der Waals surface area contributed by atoms with Crippen LogP contribution in [0.25, 0.3) is 0 Å². The number of carbonyl (C=O) groups is 4. The van der Waals surface area contributed by atoms with Gasteiger partial charge in [-0.1, -0.05) is 24.3 Å². The number of anilines is 2. The van der Waals surface area contributed by atoms with Crippen molar-refractivity contribution in [1.29, 1.82) is 0 Å². The summed E-state index contributed by atoms with van der Waals surface area (Å²) in [6.07, 6.45) is 0. The van der Waals surface area contributed by atoms with Gasteiger partial charge >= 0.3 is 5.91 Å². The van der Waals surface area contributed by atoms with E-state index in [1.54, 1.807) is 32.0 Å². The van der Waals surface area contributed by atoms with Gasteiger partial charge in [-0.15, -0.1) is 0 Å². The van der Waals surface area contributed by atoms with E-state index in [2.05, 4.69) is 5.32 Å². The average molecular weight is 364 g/mol. The first-order valence-electron chi connectivity index (χ1n) is 8.58. The monoisotopic (exact) mass is 364 g/mol. The number of hydrogen-bond acceptors (Lipinski definition) is 4. The fraction of sp³-hybridized carbons (Fsp3) is 0.238. The van der Waals surface area contributed by atoms with Gasteiger partial charge < -0.3 is 5.32 Å². The van der Waals surface area contributed by atoms with Crippen molar-refractivity contribution in [1.82, 2.24) is 0 Å². The number of benzene rings is 2. The Hall–Kier alpha value is -3.28. The summed E-state index contributed by atoms with van der Waals surface area (Å²) >= 11 is 0. The van der Waals surface area contributed by atoms with Crippen molar-refractivity contribution in [2.24, 2.45) is 5.92 Å². The normalized spacial score (nSPS) is 16.8. The minimum absolute atomic E-state index is 0.334. The van der Waals surface area contributed by atoms with E-state index in [4.69, 9.17) is 0 Å². The van der Waals surface area contributed by atoms with Crippen LogP contribution in [0.2, 0.25) is 0 Å². The van der Waals surface area contributed by atoms with Gasteiger partial charge in [0.25, 0.3) is 5.91 Å². The van der Waals surface area contributed by atoms with E-state index in [1.807, 2.05) is 32.0 Å². The van der Waals surface area contributed by atoms with Gasteiger partial charge in [-0.05, 0) is 62.1 Å². The number of nitrogens with zero attached hydrogens (tertiary/aromatic N) is 1. The standard InChI is InChI=1S/C21H20N2O4/c1-11-5-7-13(3)15(9-11)22-19(25)17-18(24)21(27)23(20(17)26)16-10-12(2)6-8-14(16)4/h5-10,17H,1-4H3,(H,22,25). The molecule has 138 valence electrons. The maximum Gasteiger partial charge on any atom is 0.302 e. The van der Waals surface area contributed by atoms with Crippen molar-refractivity contribution in [3.8, 4) is 0 Å². The third-order valence-electron chi connectivity index (χ3n) is 4.66. The van der Waals surface area contributed by atoms with Crippen molar-refractivity contribution in [2.75, 3.05) is 10.2 Å². The molecule has 1 aliphatic rings. The topological polar surface area (TPSA) is 83.6 Å². The molecule has 0 radical (unpaired) electrons. The molecule has 3 rings (SSSR count). The molecule has 6 heteroatoms. The maximum atomic E-state index is 12.8. The molecule has 1 unspecified atom stereocenters. The number of nitrogens with one attached hydrogen (secondary N) is 1. The molecule has 27 heavy (non-hydrogen) atoms. The zero-order valence-electron chi connectivity index (χ0n) is 15.6. The molecule has 3 amide bonds. The average Bonchev–Trinajstić information content (AvgIpc) is 2.83. The fourth-order valence-electron chi connectivity index (χ4n) is 3.07. The Morgan fingerprint density at radius 3 is 2.15 bits per heavy atom. The molecule has 0 aliphatic carbocycles. The number of amides is 3. The van der Waals surface area contributed by atoms with Gasteiger partial charge in [0.15, 0.2) is 5.92 Å². The maximum absolute atomic E-state index is 12.8. The highest BCUT2D eigenvalue weighted by molar-refractivity contribution is 6.60. The summed E-state index contributed by atoms with van der Waals surface area (Å²) in [5.41, 5.74) is 4.08. The van der Waals surface area contributed by atoms with Gasteiger partial charge in [0, 0.05) is 5.69 Å². The number of imide groups is 1. The van der Waals surface area contributed by atoms with E-state index in [1.165, 1.54) is 0 Å². The minimum atomic E-state index is -1.67. The van der Waals surface area contributed by atoms with Crippen LogP contribution in [-0.4, -0.2) is 23.5 Å². The number of ketones is 1. The Balaban J connectivity index is 1.93. The Morgan fingerprint density at radius 2 is 1.48 bits per heavy atom. The van der Waals surface area contributed by atoms with E-state index in [-0.39, 0.29) is 0 Å². The van der Waals surface area contributed by atoms with Crippen LogP contribution in [0.5, 0.6) is 0 Å². The van der Waals surface area contributed by atoms with Crippen molar-refractivity contribution in [3.05, 3.63) is 58.7 Å². The summed E-state index contributed by atoms with van der Waals surface area (Å²) in [6, 6.07) is 10.7. The number of aryl methyl sites for hydroxylation is 4. The van der Waals surface area contributed by atoms with Crippen molar-refractivity contribution >= 4 is 34.9 Å². The van der Waals surface area contributed by atoms with E-state index >= 15 is 0 Å². The lowest BCUT2D eigenvalue weighted by Gasteiger charge is -2.17. The quantitative estimate of drug-likeness (QED) is 0.515. The zero-order chi connectivity index (χ0) is 19.9. The summed E-state index contributed by atoms with van der Waals surface area (Å²) in [5.74, 6) is -5.27. The fourth-order valence-corrected chi connectivity index (χ4v) is 3.07. The predicted molar refractivity (Wildman–Crippen MR) is 101 cm³/mol.